The van der Waals surface area contributed by atoms with E-state index in [0.29, 0.717) is 18.7 Å². The highest BCUT2D eigenvalue weighted by atomic mass is 19.2. The van der Waals surface area contributed by atoms with Crippen LogP contribution in [0.3, 0.4) is 0 Å². The number of aliphatic carboxylic acids is 1. The van der Waals surface area contributed by atoms with Crippen molar-refractivity contribution in [1.29, 1.82) is 0 Å². The van der Waals surface area contributed by atoms with Gasteiger partial charge in [0, 0.05) is 12.6 Å². The molecular formula is C14H19F2NO2. The summed E-state index contributed by atoms with van der Waals surface area (Å²) in [6, 6.07) is 3.61. The lowest BCUT2D eigenvalue weighted by Crippen LogP contribution is -2.34. The average Bonchev–Trinajstić information content (AvgIpc) is 2.37. The summed E-state index contributed by atoms with van der Waals surface area (Å²) >= 11 is 0. The Hall–Kier alpha value is -1.49. The van der Waals surface area contributed by atoms with Crippen LogP contribution in [0.4, 0.5) is 8.78 Å². The molecule has 19 heavy (non-hydrogen) atoms. The summed E-state index contributed by atoms with van der Waals surface area (Å²) in [4.78, 5) is 12.8. The van der Waals surface area contributed by atoms with Crippen LogP contribution in [0.25, 0.3) is 0 Å². The highest BCUT2D eigenvalue weighted by Crippen LogP contribution is 2.22. The van der Waals surface area contributed by atoms with E-state index in [1.54, 1.807) is 6.92 Å². The van der Waals surface area contributed by atoms with Crippen molar-refractivity contribution < 1.29 is 18.7 Å². The molecule has 1 aromatic carbocycles. The minimum atomic E-state index is -0.883. The van der Waals surface area contributed by atoms with Crippen molar-refractivity contribution in [1.82, 2.24) is 4.90 Å². The van der Waals surface area contributed by atoms with Crippen LogP contribution in [-0.2, 0) is 4.79 Å². The second-order valence-electron chi connectivity index (χ2n) is 4.68. The summed E-state index contributed by atoms with van der Waals surface area (Å²) in [7, 11) is 0. The molecular weight excluding hydrogens is 252 g/mol. The molecule has 1 N–H and O–H groups in total. The third-order valence-electron chi connectivity index (χ3n) is 3.31. The Bertz CT molecular complexity index is 451. The fraction of sp³-hybridized carbons (Fsp3) is 0.500. The molecule has 2 atom stereocenters. The third-order valence-corrected chi connectivity index (χ3v) is 3.31. The van der Waals surface area contributed by atoms with Crippen LogP contribution in [0.2, 0.25) is 0 Å². The predicted octanol–water partition coefficient (Wildman–Crippen LogP) is 3.07. The number of carbonyl (C=O) groups is 1. The molecule has 5 heteroatoms. The van der Waals surface area contributed by atoms with E-state index in [2.05, 4.69) is 0 Å². The van der Waals surface area contributed by atoms with Crippen LogP contribution < -0.4 is 0 Å². The van der Waals surface area contributed by atoms with Gasteiger partial charge < -0.3 is 5.11 Å². The van der Waals surface area contributed by atoms with Crippen molar-refractivity contribution in [3.63, 3.8) is 0 Å². The molecule has 0 radical (unpaired) electrons. The Balaban J connectivity index is 2.85. The van der Waals surface area contributed by atoms with Crippen LogP contribution in [0.15, 0.2) is 18.2 Å². The van der Waals surface area contributed by atoms with E-state index >= 15 is 0 Å². The Labute approximate surface area is 111 Å². The van der Waals surface area contributed by atoms with Gasteiger partial charge in [-0.1, -0.05) is 19.9 Å². The van der Waals surface area contributed by atoms with E-state index < -0.39 is 23.5 Å². The molecule has 0 fully saturated rings. The molecule has 1 aromatic rings. The maximum absolute atomic E-state index is 13.2. The molecule has 0 aromatic heterocycles. The number of carboxylic acids is 1. The first kappa shape index (κ1) is 15.6. The summed E-state index contributed by atoms with van der Waals surface area (Å²) < 4.78 is 26.1. The van der Waals surface area contributed by atoms with Gasteiger partial charge in [0.1, 0.15) is 0 Å². The highest BCUT2D eigenvalue weighted by Gasteiger charge is 2.21. The summed E-state index contributed by atoms with van der Waals surface area (Å²) in [6.45, 7) is 6.39. The van der Waals surface area contributed by atoms with E-state index in [0.717, 1.165) is 12.1 Å². The molecule has 0 aliphatic carbocycles. The van der Waals surface area contributed by atoms with E-state index in [1.807, 2.05) is 18.7 Å². The molecule has 0 saturated heterocycles. The van der Waals surface area contributed by atoms with Crippen molar-refractivity contribution in [2.24, 2.45) is 5.92 Å². The summed E-state index contributed by atoms with van der Waals surface area (Å²) in [6.07, 6.45) is 0. The van der Waals surface area contributed by atoms with E-state index in [9.17, 15) is 13.6 Å². The quantitative estimate of drug-likeness (QED) is 0.864. The minimum absolute atomic E-state index is 0.165. The van der Waals surface area contributed by atoms with Crippen LogP contribution in [0.1, 0.15) is 32.4 Å². The van der Waals surface area contributed by atoms with Gasteiger partial charge in [-0.15, -0.1) is 0 Å². The largest absolute Gasteiger partial charge is 0.481 e. The topological polar surface area (TPSA) is 40.5 Å². The highest BCUT2D eigenvalue weighted by molar-refractivity contribution is 5.69. The Kier molecular flexibility index (Phi) is 5.42. The maximum Gasteiger partial charge on any atom is 0.307 e. The first-order valence-corrected chi connectivity index (χ1v) is 6.28. The standard InChI is InChI=1S/C14H19F2NO2/c1-4-17(8-9(2)14(18)19)10(3)11-5-6-12(15)13(16)7-11/h5-7,9-10H,4,8H2,1-3H3,(H,18,19). The first-order valence-electron chi connectivity index (χ1n) is 6.28. The number of rotatable bonds is 6. The molecule has 3 nitrogen and oxygen atoms in total. The van der Waals surface area contributed by atoms with Gasteiger partial charge >= 0.3 is 5.97 Å². The number of halogens is 2. The second-order valence-corrected chi connectivity index (χ2v) is 4.68. The lowest BCUT2D eigenvalue weighted by Gasteiger charge is -2.29. The van der Waals surface area contributed by atoms with Crippen molar-refractivity contribution in [3.05, 3.63) is 35.4 Å². The third kappa shape index (κ3) is 3.99. The molecule has 0 heterocycles. The molecule has 0 aliphatic rings. The molecule has 0 bridgehead atoms. The zero-order valence-electron chi connectivity index (χ0n) is 11.4. The first-order chi connectivity index (χ1) is 8.86. The summed E-state index contributed by atoms with van der Waals surface area (Å²) in [5.41, 5.74) is 0.637. The maximum atomic E-state index is 13.2. The van der Waals surface area contributed by atoms with Gasteiger partial charge in [-0.3, -0.25) is 9.69 Å². The van der Waals surface area contributed by atoms with E-state index in [1.165, 1.54) is 6.07 Å². The molecule has 0 spiro atoms. The molecule has 0 saturated carbocycles. The van der Waals surface area contributed by atoms with Crippen molar-refractivity contribution in [2.75, 3.05) is 13.1 Å². The SMILES string of the molecule is CCN(CC(C)C(=O)O)C(C)c1ccc(F)c(F)c1. The van der Waals surface area contributed by atoms with Gasteiger partial charge in [-0.25, -0.2) is 8.78 Å². The van der Waals surface area contributed by atoms with Gasteiger partial charge in [0.2, 0.25) is 0 Å². The molecule has 1 rings (SSSR count). The van der Waals surface area contributed by atoms with E-state index in [4.69, 9.17) is 5.11 Å². The van der Waals surface area contributed by atoms with Crippen molar-refractivity contribution in [3.8, 4) is 0 Å². The fourth-order valence-corrected chi connectivity index (χ4v) is 1.97. The molecule has 106 valence electrons. The van der Waals surface area contributed by atoms with E-state index in [-0.39, 0.29) is 6.04 Å². The van der Waals surface area contributed by atoms with Gasteiger partial charge in [0.15, 0.2) is 11.6 Å². The zero-order valence-corrected chi connectivity index (χ0v) is 11.4. The Morgan fingerprint density at radius 2 is 1.95 bits per heavy atom. The molecule has 0 aliphatic heterocycles. The summed E-state index contributed by atoms with van der Waals surface area (Å²) in [5.74, 6) is -3.13. The van der Waals surface area contributed by atoms with Crippen LogP contribution in [-0.4, -0.2) is 29.1 Å². The Morgan fingerprint density at radius 3 is 2.42 bits per heavy atom. The molecule has 2 unspecified atom stereocenters. The number of hydrogen-bond acceptors (Lipinski definition) is 2. The number of nitrogens with zero attached hydrogens (tertiary/aromatic N) is 1. The number of hydrogen-bond donors (Lipinski definition) is 1. The van der Waals surface area contributed by atoms with Gasteiger partial charge in [0.25, 0.3) is 0 Å². The zero-order chi connectivity index (χ0) is 14.6. The van der Waals surface area contributed by atoms with Crippen LogP contribution in [0.5, 0.6) is 0 Å². The van der Waals surface area contributed by atoms with Gasteiger partial charge in [-0.2, -0.15) is 0 Å². The number of carboxylic acid groups (broad SMARTS) is 1. The van der Waals surface area contributed by atoms with Gasteiger partial charge in [0.05, 0.1) is 5.92 Å². The smallest absolute Gasteiger partial charge is 0.307 e. The normalized spacial score (nSPS) is 14.4. The minimum Gasteiger partial charge on any atom is -0.481 e. The monoisotopic (exact) mass is 271 g/mol. The van der Waals surface area contributed by atoms with Crippen LogP contribution >= 0.6 is 0 Å². The Morgan fingerprint density at radius 1 is 1.32 bits per heavy atom. The second kappa shape index (κ2) is 6.61. The lowest BCUT2D eigenvalue weighted by atomic mass is 10.0. The molecule has 0 amide bonds. The van der Waals surface area contributed by atoms with Gasteiger partial charge in [-0.05, 0) is 31.2 Å². The fourth-order valence-electron chi connectivity index (χ4n) is 1.97. The van der Waals surface area contributed by atoms with Crippen LogP contribution in [0, 0.1) is 17.6 Å². The average molecular weight is 271 g/mol. The van der Waals surface area contributed by atoms with Crippen molar-refractivity contribution in [2.45, 2.75) is 26.8 Å². The van der Waals surface area contributed by atoms with Crippen molar-refractivity contribution >= 4 is 5.97 Å². The lowest BCUT2D eigenvalue weighted by molar-refractivity contribution is -0.141. The number of benzene rings is 1. The summed E-state index contributed by atoms with van der Waals surface area (Å²) in [5, 5.41) is 8.92. The predicted molar refractivity (Wildman–Crippen MR) is 68.8 cm³/mol.